The fourth-order valence-electron chi connectivity index (χ4n) is 4.35. The van der Waals surface area contributed by atoms with Gasteiger partial charge in [-0.15, -0.1) is 23.1 Å². The van der Waals surface area contributed by atoms with E-state index in [0.717, 1.165) is 65.0 Å². The number of hydrogen-bond donors (Lipinski definition) is 1. The van der Waals surface area contributed by atoms with Crippen molar-refractivity contribution in [1.82, 2.24) is 14.9 Å². The van der Waals surface area contributed by atoms with Crippen LogP contribution in [0.25, 0.3) is 10.6 Å². The summed E-state index contributed by atoms with van der Waals surface area (Å²) in [6.45, 7) is 2.52. The Morgan fingerprint density at radius 2 is 1.95 bits per heavy atom. The van der Waals surface area contributed by atoms with Crippen LogP contribution in [-0.2, 0) is 11.0 Å². The Labute approximate surface area is 228 Å². The first-order valence-electron chi connectivity index (χ1n) is 12.6. The van der Waals surface area contributed by atoms with Crippen molar-refractivity contribution in [3.8, 4) is 10.6 Å². The van der Waals surface area contributed by atoms with Crippen LogP contribution in [0.15, 0.2) is 35.4 Å². The van der Waals surface area contributed by atoms with Gasteiger partial charge in [0.05, 0.1) is 10.6 Å². The van der Waals surface area contributed by atoms with Crippen molar-refractivity contribution in [2.24, 2.45) is 0 Å². The molecule has 2 saturated carbocycles. The lowest BCUT2D eigenvalue weighted by Crippen LogP contribution is -2.26. The highest BCUT2D eigenvalue weighted by molar-refractivity contribution is 7.99. The van der Waals surface area contributed by atoms with Crippen LogP contribution in [0.5, 0.6) is 0 Å². The van der Waals surface area contributed by atoms with E-state index >= 15 is 0 Å². The van der Waals surface area contributed by atoms with Crippen LogP contribution in [0, 0.1) is 6.92 Å². The third-order valence-electron chi connectivity index (χ3n) is 6.77. The van der Waals surface area contributed by atoms with Gasteiger partial charge in [-0.1, -0.05) is 0 Å². The van der Waals surface area contributed by atoms with Crippen molar-refractivity contribution in [3.05, 3.63) is 46.5 Å². The molecule has 0 spiro atoms. The minimum atomic E-state index is -4.58. The molecule has 1 aromatic carbocycles. The number of amides is 1. The molecular formula is C27H30F3N5OS2. The largest absolute Gasteiger partial charge is 0.420 e. The average Bonchev–Trinajstić information content (AvgIpc) is 3.80. The van der Waals surface area contributed by atoms with Crippen molar-refractivity contribution in [1.29, 1.82) is 0 Å². The molecule has 0 saturated heterocycles. The lowest BCUT2D eigenvalue weighted by atomic mass is 10.1. The molecule has 38 heavy (non-hydrogen) atoms. The van der Waals surface area contributed by atoms with Gasteiger partial charge >= 0.3 is 6.18 Å². The normalized spacial score (nSPS) is 15.4. The molecule has 2 heterocycles. The van der Waals surface area contributed by atoms with Gasteiger partial charge in [-0.3, -0.25) is 4.79 Å². The maximum absolute atomic E-state index is 14.0. The zero-order chi connectivity index (χ0) is 27.0. The summed E-state index contributed by atoms with van der Waals surface area (Å²) in [5.41, 5.74) is 2.03. The SMILES string of the molecule is Cc1sc(-c2nc(Nc3ccc(N(C)C)cc3C3CC3)ncc2C(F)(F)F)cc1SCCN(C=O)C1CC1. The van der Waals surface area contributed by atoms with E-state index in [1.54, 1.807) is 22.7 Å². The van der Waals surface area contributed by atoms with Gasteiger partial charge in [0.15, 0.2) is 0 Å². The van der Waals surface area contributed by atoms with E-state index in [1.807, 2.05) is 38.1 Å². The van der Waals surface area contributed by atoms with Gasteiger partial charge < -0.3 is 15.1 Å². The maximum Gasteiger partial charge on any atom is 0.420 e. The van der Waals surface area contributed by atoms with Crippen LogP contribution in [0.1, 0.15) is 47.6 Å². The second-order valence-electron chi connectivity index (χ2n) is 9.97. The van der Waals surface area contributed by atoms with E-state index in [2.05, 4.69) is 21.4 Å². The third kappa shape index (κ3) is 6.09. The number of aromatic nitrogens is 2. The number of thioether (sulfide) groups is 1. The molecule has 2 fully saturated rings. The van der Waals surface area contributed by atoms with Crippen molar-refractivity contribution in [2.45, 2.75) is 55.6 Å². The van der Waals surface area contributed by atoms with Crippen molar-refractivity contribution >= 4 is 46.8 Å². The van der Waals surface area contributed by atoms with E-state index < -0.39 is 11.7 Å². The van der Waals surface area contributed by atoms with E-state index in [-0.39, 0.29) is 11.6 Å². The summed E-state index contributed by atoms with van der Waals surface area (Å²) in [4.78, 5) is 25.8. The number of hydrogen-bond acceptors (Lipinski definition) is 7. The zero-order valence-corrected chi connectivity index (χ0v) is 23.1. The summed E-state index contributed by atoms with van der Waals surface area (Å²) in [6.07, 6.45) is 1.43. The first-order chi connectivity index (χ1) is 18.1. The number of carbonyl (C=O) groups excluding carboxylic acids is 1. The predicted molar refractivity (Wildman–Crippen MR) is 148 cm³/mol. The van der Waals surface area contributed by atoms with Gasteiger partial charge in [0, 0.05) is 59.8 Å². The van der Waals surface area contributed by atoms with E-state index in [9.17, 15) is 18.0 Å². The number of alkyl halides is 3. The quantitative estimate of drug-likeness (QED) is 0.202. The van der Waals surface area contributed by atoms with Gasteiger partial charge in [0.2, 0.25) is 12.4 Å². The Morgan fingerprint density at radius 3 is 2.58 bits per heavy atom. The zero-order valence-electron chi connectivity index (χ0n) is 21.5. The number of thiophene rings is 1. The van der Waals surface area contributed by atoms with E-state index in [0.29, 0.717) is 29.1 Å². The van der Waals surface area contributed by atoms with E-state index in [4.69, 9.17) is 0 Å². The summed E-state index contributed by atoms with van der Waals surface area (Å²) in [6, 6.07) is 8.15. The third-order valence-corrected chi connectivity index (χ3v) is 9.08. The highest BCUT2D eigenvalue weighted by atomic mass is 32.2. The van der Waals surface area contributed by atoms with Crippen LogP contribution in [-0.4, -0.2) is 53.7 Å². The van der Waals surface area contributed by atoms with Gasteiger partial charge in [-0.25, -0.2) is 9.97 Å². The van der Waals surface area contributed by atoms with Crippen molar-refractivity contribution < 1.29 is 18.0 Å². The number of anilines is 3. The monoisotopic (exact) mass is 561 g/mol. The van der Waals surface area contributed by atoms with Crippen LogP contribution in [0.3, 0.4) is 0 Å². The van der Waals surface area contributed by atoms with Gasteiger partial charge in [-0.05, 0) is 68.4 Å². The first kappa shape index (κ1) is 26.8. The smallest absolute Gasteiger partial charge is 0.378 e. The minimum Gasteiger partial charge on any atom is -0.378 e. The molecule has 0 atom stereocenters. The Morgan fingerprint density at radius 1 is 1.18 bits per heavy atom. The average molecular weight is 562 g/mol. The molecular weight excluding hydrogens is 531 g/mol. The summed E-state index contributed by atoms with van der Waals surface area (Å²) < 4.78 is 41.9. The molecule has 6 nitrogen and oxygen atoms in total. The van der Waals surface area contributed by atoms with E-state index in [1.165, 1.54) is 11.3 Å². The second kappa shape index (κ2) is 10.8. The number of benzene rings is 1. The lowest BCUT2D eigenvalue weighted by Gasteiger charge is -2.18. The molecule has 0 radical (unpaired) electrons. The number of nitrogens with zero attached hydrogens (tertiary/aromatic N) is 4. The maximum atomic E-state index is 14.0. The molecule has 202 valence electrons. The Bertz CT molecular complexity index is 1320. The molecule has 1 amide bonds. The molecule has 2 aliphatic carbocycles. The predicted octanol–water partition coefficient (Wildman–Crippen LogP) is 6.93. The van der Waals surface area contributed by atoms with Crippen molar-refractivity contribution in [2.75, 3.05) is 36.6 Å². The van der Waals surface area contributed by atoms with Crippen LogP contribution < -0.4 is 10.2 Å². The van der Waals surface area contributed by atoms with Gasteiger partial charge in [0.25, 0.3) is 0 Å². The highest BCUT2D eigenvalue weighted by Crippen LogP contribution is 2.46. The second-order valence-corrected chi connectivity index (χ2v) is 12.4. The Hall–Kier alpha value is -2.79. The molecule has 0 aliphatic heterocycles. The Balaban J connectivity index is 1.41. The standard InChI is InChI=1S/C27H30F3N5OS2/c1-16-23(37-11-10-35(15-36)18-6-7-18)13-24(38-16)25-21(27(28,29)30)14-31-26(33-25)32-22-9-8-19(34(2)3)12-20(22)17-4-5-17/h8-9,12-15,17-18H,4-7,10-11H2,1-3H3,(H,31,32,33). The lowest BCUT2D eigenvalue weighted by molar-refractivity contribution is -0.137. The van der Waals surface area contributed by atoms with Crippen LogP contribution in [0.2, 0.25) is 0 Å². The number of carbonyl (C=O) groups is 1. The number of halogens is 3. The molecule has 3 aromatic rings. The molecule has 11 heteroatoms. The summed E-state index contributed by atoms with van der Waals surface area (Å²) >= 11 is 2.84. The summed E-state index contributed by atoms with van der Waals surface area (Å²) in [7, 11) is 3.96. The van der Waals surface area contributed by atoms with Gasteiger partial charge in [0.1, 0.15) is 5.56 Å². The fraction of sp³-hybridized carbons (Fsp3) is 0.444. The molecule has 0 bridgehead atoms. The number of nitrogens with one attached hydrogen (secondary N) is 1. The summed E-state index contributed by atoms with van der Waals surface area (Å²) in [5.74, 6) is 1.25. The van der Waals surface area contributed by atoms with Crippen molar-refractivity contribution in [3.63, 3.8) is 0 Å². The van der Waals surface area contributed by atoms with Gasteiger partial charge in [-0.2, -0.15) is 13.2 Å². The topological polar surface area (TPSA) is 61.4 Å². The molecule has 5 rings (SSSR count). The number of aryl methyl sites for hydroxylation is 1. The summed E-state index contributed by atoms with van der Waals surface area (Å²) in [5, 5.41) is 3.19. The molecule has 2 aliphatic rings. The van der Waals surface area contributed by atoms with Crippen LogP contribution >= 0.6 is 23.1 Å². The molecule has 0 unspecified atom stereocenters. The molecule has 1 N–H and O–H groups in total. The fourth-order valence-corrected chi connectivity index (χ4v) is 6.57. The highest BCUT2D eigenvalue weighted by Gasteiger charge is 2.36. The van der Waals surface area contributed by atoms with Crippen LogP contribution in [0.4, 0.5) is 30.5 Å². The number of rotatable bonds is 11. The minimum absolute atomic E-state index is 0.125. The molecule has 2 aromatic heterocycles. The first-order valence-corrected chi connectivity index (χ1v) is 14.4. The Kier molecular flexibility index (Phi) is 7.59.